The summed E-state index contributed by atoms with van der Waals surface area (Å²) in [5, 5.41) is 22.5. The first-order valence-electron chi connectivity index (χ1n) is 13.1. The summed E-state index contributed by atoms with van der Waals surface area (Å²) in [6, 6.07) is 10.8. The molecule has 222 valence electrons. The fourth-order valence-electron chi connectivity index (χ4n) is 5.20. The molecule has 0 bridgehead atoms. The molecule has 0 spiro atoms. The quantitative estimate of drug-likeness (QED) is 0.310. The van der Waals surface area contributed by atoms with Gasteiger partial charge in [0.1, 0.15) is 11.6 Å². The van der Waals surface area contributed by atoms with Crippen molar-refractivity contribution in [2.75, 3.05) is 30.2 Å². The Bertz CT molecular complexity index is 1700. The maximum atomic E-state index is 13.8. The van der Waals surface area contributed by atoms with Crippen LogP contribution in [0.15, 0.2) is 63.5 Å². The average molecular weight is 638 g/mol. The highest BCUT2D eigenvalue weighted by atomic mass is 35.5. The van der Waals surface area contributed by atoms with E-state index in [4.69, 9.17) is 26.8 Å². The lowest BCUT2D eigenvalue weighted by Crippen LogP contribution is -2.42. The minimum atomic E-state index is -0.688. The van der Waals surface area contributed by atoms with Gasteiger partial charge in [0.05, 0.1) is 42.6 Å². The number of allylic oxidation sites excluding steroid dienone is 3. The number of hydrogen-bond donors (Lipinski definition) is 2. The fraction of sp³-hybridized carbons (Fsp3) is 0.310. The molecule has 3 aromatic rings. The van der Waals surface area contributed by atoms with E-state index >= 15 is 0 Å². The zero-order chi connectivity index (χ0) is 30.9. The van der Waals surface area contributed by atoms with Crippen molar-refractivity contribution in [2.45, 2.75) is 36.9 Å². The van der Waals surface area contributed by atoms with E-state index in [9.17, 15) is 14.9 Å². The Morgan fingerprint density at radius 1 is 1.23 bits per heavy atom. The lowest BCUT2D eigenvalue weighted by atomic mass is 9.68. The molecule has 3 N–H and O–H groups in total. The second kappa shape index (κ2) is 12.2. The van der Waals surface area contributed by atoms with Crippen LogP contribution in [0.1, 0.15) is 38.2 Å². The predicted octanol–water partition coefficient (Wildman–Crippen LogP) is 5.28. The maximum Gasteiger partial charge on any atom is 0.235 e. The van der Waals surface area contributed by atoms with Gasteiger partial charge in [0.2, 0.25) is 11.0 Å². The van der Waals surface area contributed by atoms with Gasteiger partial charge in [-0.2, -0.15) is 5.26 Å². The molecule has 1 aliphatic carbocycles. The number of carbonyl (C=O) groups excluding carboxylic acids is 2. The van der Waals surface area contributed by atoms with Crippen molar-refractivity contribution in [3.8, 4) is 17.6 Å². The average Bonchev–Trinajstić information content (AvgIpc) is 3.44. The summed E-state index contributed by atoms with van der Waals surface area (Å²) in [7, 11) is 3.07. The Kier molecular flexibility index (Phi) is 8.64. The SMILES string of the molecule is COc1ccc(C2C(C#N)=C(N)N(c3nnc(SCC(=O)Nc4ccc(Cl)cn4)s3)C3=C2C(=O)CC(C)(C)C3)cc1OC. The predicted molar refractivity (Wildman–Crippen MR) is 165 cm³/mol. The number of hydrogen-bond acceptors (Lipinski definition) is 12. The third kappa shape index (κ3) is 6.17. The lowest BCUT2D eigenvalue weighted by Gasteiger charge is -2.42. The van der Waals surface area contributed by atoms with E-state index in [2.05, 4.69) is 26.6 Å². The van der Waals surface area contributed by atoms with Crippen LogP contribution in [-0.2, 0) is 9.59 Å². The number of halogens is 1. The van der Waals surface area contributed by atoms with E-state index < -0.39 is 5.92 Å². The number of nitrogens with two attached hydrogens (primary N) is 1. The van der Waals surface area contributed by atoms with Crippen molar-refractivity contribution in [2.24, 2.45) is 11.1 Å². The smallest absolute Gasteiger partial charge is 0.235 e. The van der Waals surface area contributed by atoms with E-state index in [1.807, 2.05) is 19.9 Å². The van der Waals surface area contributed by atoms with Crippen LogP contribution in [0, 0.1) is 16.7 Å². The van der Waals surface area contributed by atoms with Gasteiger partial charge in [0.15, 0.2) is 21.6 Å². The lowest BCUT2D eigenvalue weighted by molar-refractivity contribution is -0.118. The number of nitriles is 1. The molecule has 14 heteroatoms. The normalized spacial score (nSPS) is 17.8. The van der Waals surface area contributed by atoms with Gasteiger partial charge in [0.25, 0.3) is 0 Å². The number of carbonyl (C=O) groups is 2. The molecule has 0 radical (unpaired) electrons. The van der Waals surface area contributed by atoms with Crippen molar-refractivity contribution in [1.29, 1.82) is 5.26 Å². The first-order valence-corrected chi connectivity index (χ1v) is 15.3. The number of rotatable bonds is 8. The van der Waals surface area contributed by atoms with Crippen molar-refractivity contribution in [1.82, 2.24) is 15.2 Å². The Balaban J connectivity index is 1.49. The molecule has 0 fully saturated rings. The molecule has 3 heterocycles. The molecule has 1 amide bonds. The molecule has 1 aliphatic heterocycles. The molecule has 11 nitrogen and oxygen atoms in total. The monoisotopic (exact) mass is 637 g/mol. The topological polar surface area (TPSA) is 156 Å². The molecule has 0 saturated heterocycles. The van der Waals surface area contributed by atoms with Crippen LogP contribution in [0.25, 0.3) is 0 Å². The van der Waals surface area contributed by atoms with E-state index in [-0.39, 0.29) is 34.3 Å². The van der Waals surface area contributed by atoms with Crippen molar-refractivity contribution >= 4 is 57.3 Å². The second-order valence-electron chi connectivity index (χ2n) is 10.6. The number of Topliss-reactive ketones (excluding diaryl/α,β-unsaturated/α-hetero) is 1. The number of ether oxygens (including phenoxy) is 2. The van der Waals surface area contributed by atoms with Crippen molar-refractivity contribution in [3.63, 3.8) is 0 Å². The number of benzene rings is 1. The molecule has 5 rings (SSSR count). The minimum Gasteiger partial charge on any atom is -0.493 e. The Labute approximate surface area is 261 Å². The van der Waals surface area contributed by atoms with Gasteiger partial charge in [0, 0.05) is 23.9 Å². The van der Waals surface area contributed by atoms with Crippen molar-refractivity contribution < 1.29 is 19.1 Å². The number of amides is 1. The summed E-state index contributed by atoms with van der Waals surface area (Å²) in [6.45, 7) is 4.04. The summed E-state index contributed by atoms with van der Waals surface area (Å²) in [5.74, 6) is 0.598. The number of nitrogens with one attached hydrogen (secondary N) is 1. The Morgan fingerprint density at radius 2 is 2.00 bits per heavy atom. The molecule has 1 atom stereocenters. The van der Waals surface area contributed by atoms with Gasteiger partial charge >= 0.3 is 0 Å². The Hall–Kier alpha value is -4.12. The zero-order valence-electron chi connectivity index (χ0n) is 23.8. The minimum absolute atomic E-state index is 0.0640. The maximum absolute atomic E-state index is 13.8. The van der Waals surface area contributed by atoms with Gasteiger partial charge in [-0.1, -0.05) is 54.6 Å². The van der Waals surface area contributed by atoms with Crippen molar-refractivity contribution in [3.05, 3.63) is 69.8 Å². The third-order valence-electron chi connectivity index (χ3n) is 7.03. The molecule has 1 unspecified atom stereocenters. The van der Waals surface area contributed by atoms with E-state index in [1.54, 1.807) is 36.3 Å². The van der Waals surface area contributed by atoms with Crippen LogP contribution in [-0.4, -0.2) is 46.8 Å². The summed E-state index contributed by atoms with van der Waals surface area (Å²) in [4.78, 5) is 32.0. The van der Waals surface area contributed by atoms with E-state index in [0.29, 0.717) is 61.5 Å². The fourth-order valence-corrected chi connectivity index (χ4v) is 6.99. The Morgan fingerprint density at radius 3 is 2.67 bits per heavy atom. The van der Waals surface area contributed by atoms with Crippen LogP contribution in [0.3, 0.4) is 0 Å². The number of ketones is 1. The largest absolute Gasteiger partial charge is 0.493 e. The zero-order valence-corrected chi connectivity index (χ0v) is 26.2. The first-order chi connectivity index (χ1) is 20.5. The number of methoxy groups -OCH3 is 2. The van der Waals surface area contributed by atoms with Gasteiger partial charge in [-0.05, 0) is 41.7 Å². The van der Waals surface area contributed by atoms with Gasteiger partial charge in [-0.25, -0.2) is 4.98 Å². The summed E-state index contributed by atoms with van der Waals surface area (Å²) < 4.78 is 11.4. The van der Waals surface area contributed by atoms with Crippen LogP contribution in [0.4, 0.5) is 10.9 Å². The van der Waals surface area contributed by atoms with Crippen LogP contribution >= 0.6 is 34.7 Å². The highest BCUT2D eigenvalue weighted by Gasteiger charge is 2.45. The van der Waals surface area contributed by atoms with Crippen LogP contribution < -0.4 is 25.4 Å². The second-order valence-corrected chi connectivity index (χ2v) is 13.3. The van der Waals surface area contributed by atoms with E-state index in [0.717, 1.165) is 0 Å². The molecule has 0 saturated carbocycles. The first kappa shape index (κ1) is 30.3. The summed E-state index contributed by atoms with van der Waals surface area (Å²) in [5.41, 5.74) is 8.45. The third-order valence-corrected chi connectivity index (χ3v) is 9.30. The van der Waals surface area contributed by atoms with Gasteiger partial charge < -0.3 is 20.5 Å². The molecule has 2 aliphatic rings. The summed E-state index contributed by atoms with van der Waals surface area (Å²) in [6.07, 6.45) is 2.29. The van der Waals surface area contributed by atoms with Crippen LogP contribution in [0.2, 0.25) is 5.02 Å². The van der Waals surface area contributed by atoms with Gasteiger partial charge in [-0.3, -0.25) is 14.5 Å². The number of thioether (sulfide) groups is 1. The molecule has 2 aromatic heterocycles. The molecule has 1 aromatic carbocycles. The van der Waals surface area contributed by atoms with Gasteiger partial charge in [-0.15, -0.1) is 10.2 Å². The molecular formula is C29H28ClN7O4S2. The highest BCUT2D eigenvalue weighted by molar-refractivity contribution is 8.01. The van der Waals surface area contributed by atoms with Crippen LogP contribution in [0.5, 0.6) is 11.5 Å². The summed E-state index contributed by atoms with van der Waals surface area (Å²) >= 11 is 8.27. The standard InChI is InChI=1S/C29H28ClN7O4S2/c1-29(2)10-18-25(19(38)11-29)24(15-5-7-20(40-3)21(9-15)41-4)17(12-31)26(32)37(18)27-35-36-28(43-27)42-14-23(39)34-22-8-6-16(30)13-33-22/h5-9,13,24H,10-11,14,32H2,1-4H3,(H,33,34,39). The number of aromatic nitrogens is 3. The highest BCUT2D eigenvalue weighted by Crippen LogP contribution is 2.51. The number of anilines is 2. The number of nitrogens with zero attached hydrogens (tertiary/aromatic N) is 5. The molecular weight excluding hydrogens is 610 g/mol. The number of pyridine rings is 1. The molecule has 43 heavy (non-hydrogen) atoms. The van der Waals surface area contributed by atoms with E-state index in [1.165, 1.54) is 36.4 Å².